The molecule has 0 unspecified atom stereocenters. The van der Waals surface area contributed by atoms with Crippen molar-refractivity contribution in [2.75, 3.05) is 0 Å². The zero-order valence-corrected chi connectivity index (χ0v) is 34.6. The molecule has 0 spiro atoms. The molecule has 5 aromatic carbocycles. The Kier molecular flexibility index (Phi) is 8.28. The van der Waals surface area contributed by atoms with E-state index in [2.05, 4.69) is 33.2 Å². The van der Waals surface area contributed by atoms with Gasteiger partial charge in [0.05, 0.1) is 6.95 Å². The second-order valence-electron chi connectivity index (χ2n) is 13.8. The molecule has 0 saturated heterocycles. The van der Waals surface area contributed by atoms with Crippen LogP contribution in [0.5, 0.6) is 0 Å². The van der Waals surface area contributed by atoms with Gasteiger partial charge in [-0.15, -0.1) is 90.0 Å². The van der Waals surface area contributed by atoms with Gasteiger partial charge in [0.2, 0.25) is 0 Å². The molecule has 0 N–H and O–H groups in total. The number of halogens is 1. The topological polar surface area (TPSA) is 51.8 Å². The first-order valence-corrected chi connectivity index (χ1v) is 18.8. The fourth-order valence-corrected chi connectivity index (χ4v) is 6.50. The van der Waals surface area contributed by atoms with Crippen molar-refractivity contribution in [3.8, 4) is 33.8 Å². The van der Waals surface area contributed by atoms with Crippen molar-refractivity contribution in [3.05, 3.63) is 209 Å². The van der Waals surface area contributed by atoms with Crippen molar-refractivity contribution in [1.82, 2.24) is 15.0 Å². The van der Waals surface area contributed by atoms with Crippen LogP contribution in [0.4, 0.5) is 4.39 Å². The monoisotopic (exact) mass is 975 g/mol. The van der Waals surface area contributed by atoms with Gasteiger partial charge < -0.3 is 19.4 Å². The molecule has 60 heavy (non-hydrogen) atoms. The Morgan fingerprint density at radius 1 is 0.600 bits per heavy atom. The van der Waals surface area contributed by atoms with Gasteiger partial charge in [0.1, 0.15) is 11.4 Å². The number of pyridine rings is 3. The van der Waals surface area contributed by atoms with E-state index in [1.807, 2.05) is 0 Å². The van der Waals surface area contributed by atoms with Crippen molar-refractivity contribution >= 4 is 21.9 Å². The second kappa shape index (κ2) is 18.5. The Balaban J connectivity index is 0.00000729. The van der Waals surface area contributed by atoms with Gasteiger partial charge in [0, 0.05) is 47.8 Å². The first-order valence-electron chi connectivity index (χ1n) is 25.8. The fraction of sp³-hybridized carbons (Fsp3) is 0.167. The van der Waals surface area contributed by atoms with E-state index in [1.165, 1.54) is 56.3 Å². The average Bonchev–Trinajstić information content (AvgIpc) is 3.76. The van der Waals surface area contributed by atoms with Crippen LogP contribution in [-0.4, -0.2) is 15.0 Å². The summed E-state index contributed by atoms with van der Waals surface area (Å²) in [5.74, 6) is -2.27. The molecule has 6 heteroatoms. The van der Waals surface area contributed by atoms with E-state index in [0.29, 0.717) is 33.3 Å². The van der Waals surface area contributed by atoms with Gasteiger partial charge in [-0.1, -0.05) is 79.4 Å². The van der Waals surface area contributed by atoms with Crippen LogP contribution < -0.4 is 0 Å². The number of hydrogen-bond donors (Lipinski definition) is 0. The third-order valence-electron chi connectivity index (χ3n) is 9.48. The molecule has 0 fully saturated rings. The maximum absolute atomic E-state index is 15.4. The van der Waals surface area contributed by atoms with Crippen molar-refractivity contribution in [1.29, 1.82) is 0 Å². The minimum Gasteiger partial charge on any atom is -0.500 e. The largest absolute Gasteiger partial charge is 3.00 e. The summed E-state index contributed by atoms with van der Waals surface area (Å²) in [6, 6.07) is 38.3. The maximum atomic E-state index is 15.4. The molecule has 4 aromatic heterocycles. The summed E-state index contributed by atoms with van der Waals surface area (Å²) in [7, 11) is 0. The summed E-state index contributed by atoms with van der Waals surface area (Å²) < 4.78 is 150. The average molecular weight is 975 g/mol. The van der Waals surface area contributed by atoms with E-state index in [9.17, 15) is 16.4 Å². The molecule has 0 aliphatic heterocycles. The van der Waals surface area contributed by atoms with E-state index in [0.717, 1.165) is 36.8 Å². The number of hydrogen-bond acceptors (Lipinski definition) is 4. The van der Waals surface area contributed by atoms with Crippen LogP contribution >= 0.6 is 0 Å². The number of aromatic nitrogens is 3. The van der Waals surface area contributed by atoms with Crippen LogP contribution in [0.2, 0.25) is 0 Å². The smallest absolute Gasteiger partial charge is 0.500 e. The van der Waals surface area contributed by atoms with Gasteiger partial charge in [-0.3, -0.25) is 0 Å². The number of nitrogens with zero attached hydrogens (tertiary/aromatic N) is 3. The molecule has 4 nitrogen and oxygen atoms in total. The maximum Gasteiger partial charge on any atom is 3.00 e. The SMILES string of the molecule is [2H]c1c(F)c(C([2H])(C)C)cc2c1oc1c(-c3ccc(C([2H])([2H])C([2H])([2H])c4cc(C([2H])([2H])C([2H])([2H])c5ccc(-c6[c-]cccc6)nc5)cc(C([2H])([2H])C([2H])([2H])c5ccc(-c6[c-]cccc6)nc5)c4)cn3)[c-]ccc12.[Ir+3]. The van der Waals surface area contributed by atoms with Crippen LogP contribution in [0.1, 0.15) is 77.9 Å². The Labute approximate surface area is 384 Å². The van der Waals surface area contributed by atoms with Crippen LogP contribution in [-0.2, 0) is 58.3 Å². The third-order valence-corrected chi connectivity index (χ3v) is 9.48. The minimum atomic E-state index is -3.18. The van der Waals surface area contributed by atoms with Gasteiger partial charge in [-0.05, 0) is 106 Å². The molecule has 9 rings (SSSR count). The normalized spacial score (nSPS) is 16.4. The van der Waals surface area contributed by atoms with E-state index < -0.39 is 72.7 Å². The quantitative estimate of drug-likeness (QED) is 0.108. The molecular weight excluding hydrogens is 918 g/mol. The number of benzene rings is 5. The van der Waals surface area contributed by atoms with Gasteiger partial charge in [0.25, 0.3) is 0 Å². The molecule has 0 atom stereocenters. The van der Waals surface area contributed by atoms with Crippen LogP contribution in [0.3, 0.4) is 0 Å². The Hall–Kier alpha value is -6.07. The number of aryl methyl sites for hydroxylation is 6. The Morgan fingerprint density at radius 2 is 1.10 bits per heavy atom. The zero-order chi connectivity index (χ0) is 52.7. The van der Waals surface area contributed by atoms with E-state index in [-0.39, 0.29) is 64.8 Å². The molecule has 0 radical (unpaired) electrons. The van der Waals surface area contributed by atoms with Crippen LogP contribution in [0, 0.1) is 24.0 Å². The molecule has 0 bridgehead atoms. The van der Waals surface area contributed by atoms with Crippen LogP contribution in [0.15, 0.2) is 150 Å². The Bertz CT molecular complexity index is 3390. The molecule has 0 aliphatic carbocycles. The van der Waals surface area contributed by atoms with E-state index >= 15 is 4.39 Å². The van der Waals surface area contributed by atoms with Crippen molar-refractivity contribution in [2.45, 2.75) is 58.0 Å². The van der Waals surface area contributed by atoms with Gasteiger partial charge in [0.15, 0.2) is 0 Å². The zero-order valence-electron chi connectivity index (χ0n) is 46.2. The first kappa shape index (κ1) is 26.9. The molecule has 4 heterocycles. The molecule has 0 amide bonds. The van der Waals surface area contributed by atoms with Gasteiger partial charge in [-0.25, -0.2) is 4.39 Å². The minimum absolute atomic E-state index is 0. The fourth-order valence-electron chi connectivity index (χ4n) is 6.50. The first-order chi connectivity index (χ1) is 34.2. The van der Waals surface area contributed by atoms with E-state index in [1.54, 1.807) is 60.7 Å². The van der Waals surface area contributed by atoms with Crippen molar-refractivity contribution in [2.24, 2.45) is 0 Å². The van der Waals surface area contributed by atoms with Gasteiger partial charge in [-0.2, -0.15) is 0 Å². The standard InChI is InChI=1S/C54H43FN3O.Ir/c1-36(2)47-31-48-45-14-9-15-46(54(45)59-53(48)32-49(47)55)52-27-24-39(35-58-52)18-21-42-29-40(19-16-37-22-25-50(56-33-37)43-10-5-3-6-11-43)28-41(30-42)20-17-38-23-26-51(57-34-38)44-12-7-4-8-13-44;/h3-10,12,14,22-36H,16-21H2,1-2H3;/q-3;+3/i16D2,17D2,18D2,19D2,20D2,21D2,32D,36D;. The summed E-state index contributed by atoms with van der Waals surface area (Å²) in [5, 5.41) is 0.861. The summed E-state index contributed by atoms with van der Waals surface area (Å²) in [5.41, 5.74) is -0.0236. The van der Waals surface area contributed by atoms with Crippen molar-refractivity contribution in [3.63, 3.8) is 0 Å². The third kappa shape index (κ3) is 9.21. The summed E-state index contributed by atoms with van der Waals surface area (Å²) in [4.78, 5) is 13.2. The molecular formula is C54H43FIrN3O. The number of furan rings is 1. The predicted molar refractivity (Wildman–Crippen MR) is 236 cm³/mol. The van der Waals surface area contributed by atoms with Crippen LogP contribution in [0.25, 0.3) is 55.7 Å². The number of rotatable bonds is 13. The molecule has 9 aromatic rings. The Morgan fingerprint density at radius 3 is 1.55 bits per heavy atom. The summed E-state index contributed by atoms with van der Waals surface area (Å²) >= 11 is 0. The van der Waals surface area contributed by atoms with Crippen molar-refractivity contribution < 1.29 is 48.1 Å². The molecule has 0 aliphatic rings. The molecule has 0 saturated carbocycles. The van der Waals surface area contributed by atoms with Gasteiger partial charge >= 0.3 is 20.1 Å². The van der Waals surface area contributed by atoms with E-state index in [4.69, 9.17) is 7.16 Å². The molecule has 296 valence electrons. The number of fused-ring (bicyclic) bond motifs is 3. The second-order valence-corrected chi connectivity index (χ2v) is 13.8. The predicted octanol–water partition coefficient (Wildman–Crippen LogP) is 12.8. The summed E-state index contributed by atoms with van der Waals surface area (Å²) in [6.45, 7) is 3.01. The summed E-state index contributed by atoms with van der Waals surface area (Å²) in [6.07, 6.45) is -15.0.